The maximum Gasteiger partial charge on any atom is 0.302 e. The van der Waals surface area contributed by atoms with E-state index >= 15 is 0 Å². The zero-order valence-electron chi connectivity index (χ0n) is 19.0. The normalized spacial score (nSPS) is 47.9. The highest BCUT2D eigenvalue weighted by molar-refractivity contribution is 6.04. The van der Waals surface area contributed by atoms with Crippen molar-refractivity contribution in [2.45, 2.75) is 84.7 Å². The van der Waals surface area contributed by atoms with Gasteiger partial charge in [0.05, 0.1) is 17.6 Å². The van der Waals surface area contributed by atoms with Gasteiger partial charge in [-0.3, -0.25) is 14.4 Å². The molecule has 1 spiro atoms. The number of hydrogen-bond acceptors (Lipinski definition) is 7. The van der Waals surface area contributed by atoms with E-state index in [-0.39, 0.29) is 29.1 Å². The number of Topliss-reactive ketones (excluding diaryl/α,β-unsaturated/α-hetero) is 1. The Morgan fingerprint density at radius 3 is 2.26 bits per heavy atom. The number of esters is 2. The second kappa shape index (κ2) is 6.88. The number of aliphatic hydroxyl groups is 2. The van der Waals surface area contributed by atoms with Crippen LogP contribution in [-0.2, 0) is 23.9 Å². The largest absolute Gasteiger partial charge is 0.462 e. The van der Waals surface area contributed by atoms with Gasteiger partial charge in [0.15, 0.2) is 5.78 Å². The van der Waals surface area contributed by atoms with Gasteiger partial charge in [0.25, 0.3) is 0 Å². The summed E-state index contributed by atoms with van der Waals surface area (Å²) in [6, 6.07) is 0. The number of fused-ring (bicyclic) bond motifs is 3. The number of rotatable bonds is 2. The van der Waals surface area contributed by atoms with Crippen LogP contribution in [0.3, 0.4) is 0 Å². The molecule has 0 aromatic rings. The maximum atomic E-state index is 13.6. The summed E-state index contributed by atoms with van der Waals surface area (Å²) in [6.45, 7) is 12.9. The van der Waals surface area contributed by atoms with Crippen molar-refractivity contribution in [2.75, 3.05) is 0 Å². The smallest absolute Gasteiger partial charge is 0.302 e. The first-order chi connectivity index (χ1) is 14.3. The lowest BCUT2D eigenvalue weighted by Crippen LogP contribution is -2.73. The summed E-state index contributed by atoms with van der Waals surface area (Å²) < 4.78 is 11.6. The average molecular weight is 435 g/mol. The molecule has 2 N–H and O–H groups in total. The lowest BCUT2D eigenvalue weighted by atomic mass is 9.38. The molecular weight excluding hydrogens is 400 g/mol. The molecule has 0 aliphatic heterocycles. The molecule has 9 atom stereocenters. The molecule has 4 aliphatic rings. The fourth-order valence-electron chi connectivity index (χ4n) is 8.04. The standard InChI is InChI=1S/C24H34O7/c1-11-14-9-15(30-12(2)25)19-23(6)16(10-17(27)24(19,20(11)28)21(14)29)22(4,5)8-7-18(23)31-13(3)26/h14-19,21,27,29H,1,7-10H2,2-6H3. The van der Waals surface area contributed by atoms with Crippen LogP contribution >= 0.6 is 0 Å². The molecule has 0 aromatic carbocycles. The van der Waals surface area contributed by atoms with E-state index in [1.807, 2.05) is 6.92 Å². The van der Waals surface area contributed by atoms with Gasteiger partial charge >= 0.3 is 11.9 Å². The molecule has 172 valence electrons. The van der Waals surface area contributed by atoms with Crippen LogP contribution in [0.2, 0.25) is 0 Å². The van der Waals surface area contributed by atoms with Crippen LogP contribution in [0.1, 0.15) is 60.3 Å². The molecule has 9 unspecified atom stereocenters. The monoisotopic (exact) mass is 434 g/mol. The highest BCUT2D eigenvalue weighted by Crippen LogP contribution is 2.71. The lowest BCUT2D eigenvalue weighted by molar-refractivity contribution is -0.279. The minimum atomic E-state index is -1.52. The van der Waals surface area contributed by atoms with Crippen molar-refractivity contribution in [3.05, 3.63) is 12.2 Å². The van der Waals surface area contributed by atoms with Crippen molar-refractivity contribution in [2.24, 2.45) is 34.0 Å². The number of carbonyl (C=O) groups is 3. The average Bonchev–Trinajstić information content (AvgIpc) is 2.76. The number of carbonyl (C=O) groups excluding carboxylic acids is 3. The first kappa shape index (κ1) is 22.5. The molecular formula is C24H34O7. The minimum absolute atomic E-state index is 0.104. The first-order valence-electron chi connectivity index (χ1n) is 11.2. The lowest BCUT2D eigenvalue weighted by Gasteiger charge is -2.67. The van der Waals surface area contributed by atoms with E-state index in [0.29, 0.717) is 12.8 Å². The third-order valence-electron chi connectivity index (χ3n) is 9.12. The van der Waals surface area contributed by atoms with Crippen LogP contribution in [0, 0.1) is 34.0 Å². The van der Waals surface area contributed by atoms with Gasteiger partial charge in [-0.25, -0.2) is 0 Å². The summed E-state index contributed by atoms with van der Waals surface area (Å²) in [5, 5.41) is 22.8. The summed E-state index contributed by atoms with van der Waals surface area (Å²) in [5.41, 5.74) is -2.21. The van der Waals surface area contributed by atoms with Crippen molar-refractivity contribution >= 4 is 17.7 Å². The topological polar surface area (TPSA) is 110 Å². The van der Waals surface area contributed by atoms with E-state index in [4.69, 9.17) is 9.47 Å². The van der Waals surface area contributed by atoms with E-state index in [9.17, 15) is 24.6 Å². The zero-order valence-corrected chi connectivity index (χ0v) is 19.0. The number of ether oxygens (including phenoxy) is 2. The summed E-state index contributed by atoms with van der Waals surface area (Å²) in [4.78, 5) is 37.7. The van der Waals surface area contributed by atoms with E-state index in [0.717, 1.165) is 6.42 Å². The SMILES string of the molecule is C=C1C(=O)C23C(O)CC4C(C)(C)CCC(OC(C)=O)C4(C)C2C(OC(C)=O)CC1C3O. The molecule has 4 saturated carbocycles. The Labute approximate surface area is 183 Å². The molecule has 0 aromatic heterocycles. The molecule has 7 heteroatoms. The predicted octanol–water partition coefficient (Wildman–Crippen LogP) is 2.18. The molecule has 0 radical (unpaired) electrons. The second-order valence-electron chi connectivity index (χ2n) is 11.0. The molecule has 4 aliphatic carbocycles. The Morgan fingerprint density at radius 2 is 1.68 bits per heavy atom. The fourth-order valence-corrected chi connectivity index (χ4v) is 8.04. The van der Waals surface area contributed by atoms with Crippen molar-refractivity contribution in [3.8, 4) is 0 Å². The molecule has 7 nitrogen and oxygen atoms in total. The first-order valence-corrected chi connectivity index (χ1v) is 11.2. The van der Waals surface area contributed by atoms with Gasteiger partial charge < -0.3 is 19.7 Å². The summed E-state index contributed by atoms with van der Waals surface area (Å²) in [6.07, 6.45) is -1.46. The molecule has 0 amide bonds. The van der Waals surface area contributed by atoms with Crippen LogP contribution < -0.4 is 0 Å². The van der Waals surface area contributed by atoms with Gasteiger partial charge in [0.2, 0.25) is 0 Å². The van der Waals surface area contributed by atoms with Gasteiger partial charge in [-0.2, -0.15) is 0 Å². The van der Waals surface area contributed by atoms with Crippen molar-refractivity contribution in [3.63, 3.8) is 0 Å². The van der Waals surface area contributed by atoms with Gasteiger partial charge in [0.1, 0.15) is 12.2 Å². The fraction of sp³-hybridized carbons (Fsp3) is 0.792. The predicted molar refractivity (Wildman–Crippen MR) is 111 cm³/mol. The van der Waals surface area contributed by atoms with E-state index in [1.54, 1.807) is 0 Å². The number of hydrogen-bond donors (Lipinski definition) is 2. The van der Waals surface area contributed by atoms with Crippen molar-refractivity contribution < 1.29 is 34.1 Å². The van der Waals surface area contributed by atoms with Crippen LogP contribution in [0.25, 0.3) is 0 Å². The Morgan fingerprint density at radius 1 is 1.06 bits per heavy atom. The highest BCUT2D eigenvalue weighted by atomic mass is 16.6. The van der Waals surface area contributed by atoms with Crippen LogP contribution in [0.15, 0.2) is 12.2 Å². The van der Waals surface area contributed by atoms with Gasteiger partial charge in [-0.1, -0.05) is 27.4 Å². The van der Waals surface area contributed by atoms with Crippen LogP contribution in [0.4, 0.5) is 0 Å². The van der Waals surface area contributed by atoms with Gasteiger partial charge in [0, 0.05) is 31.1 Å². The van der Waals surface area contributed by atoms with Crippen molar-refractivity contribution in [1.82, 2.24) is 0 Å². The maximum absolute atomic E-state index is 13.6. The summed E-state index contributed by atoms with van der Waals surface area (Å²) in [7, 11) is 0. The molecule has 2 bridgehead atoms. The molecule has 4 fully saturated rings. The van der Waals surface area contributed by atoms with Crippen LogP contribution in [0.5, 0.6) is 0 Å². The Bertz CT molecular complexity index is 847. The summed E-state index contributed by atoms with van der Waals surface area (Å²) >= 11 is 0. The number of aliphatic hydroxyl groups excluding tert-OH is 2. The van der Waals surface area contributed by atoms with Gasteiger partial charge in [-0.05, 0) is 42.6 Å². The van der Waals surface area contributed by atoms with Gasteiger partial charge in [-0.15, -0.1) is 0 Å². The zero-order chi connectivity index (χ0) is 23.1. The Hall–Kier alpha value is -1.73. The van der Waals surface area contributed by atoms with Crippen molar-refractivity contribution in [1.29, 1.82) is 0 Å². The van der Waals surface area contributed by atoms with E-state index < -0.39 is 59.0 Å². The van der Waals surface area contributed by atoms with Crippen LogP contribution in [-0.4, -0.2) is 52.4 Å². The minimum Gasteiger partial charge on any atom is -0.462 e. The third kappa shape index (κ3) is 2.75. The molecule has 0 heterocycles. The molecule has 0 saturated heterocycles. The molecule has 4 rings (SSSR count). The summed E-state index contributed by atoms with van der Waals surface area (Å²) in [5.74, 6) is -2.60. The van der Waals surface area contributed by atoms with E-state index in [2.05, 4.69) is 20.4 Å². The quantitative estimate of drug-likeness (QED) is 0.506. The van der Waals surface area contributed by atoms with E-state index in [1.165, 1.54) is 13.8 Å². The Balaban J connectivity index is 1.97. The third-order valence-corrected chi connectivity index (χ3v) is 9.12. The Kier molecular flexibility index (Phi) is 4.99. The highest BCUT2D eigenvalue weighted by Gasteiger charge is 2.78. The second-order valence-corrected chi connectivity index (χ2v) is 11.0. The number of ketones is 1. The molecule has 31 heavy (non-hydrogen) atoms.